The number of carbonyl (C=O) groups excluding carboxylic acids is 1. The van der Waals surface area contributed by atoms with E-state index in [0.717, 1.165) is 17.8 Å². The molecule has 0 aliphatic heterocycles. The highest BCUT2D eigenvalue weighted by Gasteiger charge is 2.10. The Balaban J connectivity index is 1.77. The summed E-state index contributed by atoms with van der Waals surface area (Å²) in [5.74, 6) is 0.386. The molecule has 1 aromatic heterocycles. The smallest absolute Gasteiger partial charge is 0.257 e. The maximum atomic E-state index is 12.2. The molecule has 2 aromatic carbocycles. The van der Waals surface area contributed by atoms with Crippen molar-refractivity contribution in [3.63, 3.8) is 0 Å². The minimum atomic E-state index is -0.243. The van der Waals surface area contributed by atoms with Gasteiger partial charge in [0, 0.05) is 23.9 Å². The normalized spacial score (nSPS) is 10.6. The standard InChI is InChI=1S/C18H17ClN4O/c1-2-23-17(20)11-16(22-23)12-7-9-13(10-8-12)21-18(24)14-5-3-4-6-15(14)19/h3-11H,2,20H2,1H3,(H,21,24). The highest BCUT2D eigenvalue weighted by Crippen LogP contribution is 2.23. The first-order valence-corrected chi connectivity index (χ1v) is 7.96. The van der Waals surface area contributed by atoms with Crippen molar-refractivity contribution in [1.29, 1.82) is 0 Å². The van der Waals surface area contributed by atoms with E-state index >= 15 is 0 Å². The van der Waals surface area contributed by atoms with E-state index in [2.05, 4.69) is 10.4 Å². The number of aryl methyl sites for hydroxylation is 1. The van der Waals surface area contributed by atoms with Crippen LogP contribution in [0.15, 0.2) is 54.6 Å². The number of amides is 1. The molecule has 0 bridgehead atoms. The first-order valence-electron chi connectivity index (χ1n) is 7.58. The van der Waals surface area contributed by atoms with Crippen LogP contribution in [0.5, 0.6) is 0 Å². The number of nitrogens with zero attached hydrogens (tertiary/aromatic N) is 2. The minimum Gasteiger partial charge on any atom is -0.384 e. The van der Waals surface area contributed by atoms with Gasteiger partial charge in [-0.25, -0.2) is 4.68 Å². The first-order chi connectivity index (χ1) is 11.6. The number of benzene rings is 2. The molecule has 3 aromatic rings. The quantitative estimate of drug-likeness (QED) is 0.752. The lowest BCUT2D eigenvalue weighted by Gasteiger charge is -2.07. The van der Waals surface area contributed by atoms with Crippen LogP contribution >= 0.6 is 11.6 Å². The largest absolute Gasteiger partial charge is 0.384 e. The lowest BCUT2D eigenvalue weighted by Crippen LogP contribution is -2.12. The number of nitrogen functional groups attached to an aromatic ring is 1. The summed E-state index contributed by atoms with van der Waals surface area (Å²) < 4.78 is 1.74. The molecule has 0 atom stereocenters. The van der Waals surface area contributed by atoms with Gasteiger partial charge in [-0.3, -0.25) is 4.79 Å². The van der Waals surface area contributed by atoms with Gasteiger partial charge >= 0.3 is 0 Å². The van der Waals surface area contributed by atoms with E-state index in [-0.39, 0.29) is 5.91 Å². The fraction of sp³-hybridized carbons (Fsp3) is 0.111. The first kappa shape index (κ1) is 16.1. The molecule has 5 nitrogen and oxygen atoms in total. The number of aromatic nitrogens is 2. The zero-order chi connectivity index (χ0) is 17.1. The molecular weight excluding hydrogens is 324 g/mol. The molecule has 0 aliphatic rings. The van der Waals surface area contributed by atoms with E-state index in [1.807, 2.05) is 37.3 Å². The summed E-state index contributed by atoms with van der Waals surface area (Å²) in [7, 11) is 0. The van der Waals surface area contributed by atoms with Gasteiger partial charge in [-0.2, -0.15) is 5.10 Å². The summed E-state index contributed by atoms with van der Waals surface area (Å²) in [5, 5.41) is 7.69. The lowest BCUT2D eigenvalue weighted by atomic mass is 10.1. The van der Waals surface area contributed by atoms with E-state index < -0.39 is 0 Å². The zero-order valence-electron chi connectivity index (χ0n) is 13.2. The van der Waals surface area contributed by atoms with E-state index in [0.29, 0.717) is 22.1 Å². The topological polar surface area (TPSA) is 72.9 Å². The molecule has 0 aliphatic carbocycles. The van der Waals surface area contributed by atoms with Crippen molar-refractivity contribution in [2.75, 3.05) is 11.1 Å². The number of rotatable bonds is 4. The summed E-state index contributed by atoms with van der Waals surface area (Å²) in [5.41, 5.74) is 8.76. The molecular formula is C18H17ClN4O. The van der Waals surface area contributed by atoms with Gasteiger partial charge in [0.1, 0.15) is 5.82 Å². The Hall–Kier alpha value is -2.79. The van der Waals surface area contributed by atoms with Crippen molar-refractivity contribution < 1.29 is 4.79 Å². The summed E-state index contributed by atoms with van der Waals surface area (Å²) in [6, 6.07) is 16.2. The SMILES string of the molecule is CCn1nc(-c2ccc(NC(=O)c3ccccc3Cl)cc2)cc1N. The van der Waals surface area contributed by atoms with Crippen LogP contribution in [0, 0.1) is 0 Å². The van der Waals surface area contributed by atoms with Crippen LogP contribution in [0.3, 0.4) is 0 Å². The van der Waals surface area contributed by atoms with Crippen LogP contribution in [0.2, 0.25) is 5.02 Å². The second-order valence-electron chi connectivity index (χ2n) is 5.28. The van der Waals surface area contributed by atoms with Crippen LogP contribution in [0.1, 0.15) is 17.3 Å². The lowest BCUT2D eigenvalue weighted by molar-refractivity contribution is 0.102. The van der Waals surface area contributed by atoms with Crippen molar-refractivity contribution in [3.05, 3.63) is 65.2 Å². The van der Waals surface area contributed by atoms with E-state index in [1.165, 1.54) is 0 Å². The van der Waals surface area contributed by atoms with Crippen LogP contribution in [0.4, 0.5) is 11.5 Å². The van der Waals surface area contributed by atoms with Crippen molar-refractivity contribution in [2.45, 2.75) is 13.5 Å². The second kappa shape index (κ2) is 6.76. The predicted octanol–water partition coefficient (Wildman–Crippen LogP) is 4.06. The van der Waals surface area contributed by atoms with E-state index in [1.54, 1.807) is 28.9 Å². The number of nitrogens with one attached hydrogen (secondary N) is 1. The van der Waals surface area contributed by atoms with Gasteiger partial charge in [-0.1, -0.05) is 35.9 Å². The number of halogens is 1. The molecule has 0 saturated heterocycles. The van der Waals surface area contributed by atoms with Crippen LogP contribution in [0.25, 0.3) is 11.3 Å². The van der Waals surface area contributed by atoms with Gasteiger partial charge in [-0.15, -0.1) is 0 Å². The van der Waals surface area contributed by atoms with Crippen LogP contribution < -0.4 is 11.1 Å². The van der Waals surface area contributed by atoms with Crippen molar-refractivity contribution in [3.8, 4) is 11.3 Å². The Labute approximate surface area is 145 Å². The molecule has 0 fully saturated rings. The number of carbonyl (C=O) groups is 1. The minimum absolute atomic E-state index is 0.243. The van der Waals surface area contributed by atoms with Gasteiger partial charge in [0.05, 0.1) is 16.3 Å². The summed E-state index contributed by atoms with van der Waals surface area (Å²) in [4.78, 5) is 12.2. The number of hydrogen-bond acceptors (Lipinski definition) is 3. The fourth-order valence-corrected chi connectivity index (χ4v) is 2.62. The Bertz CT molecular complexity index is 871. The predicted molar refractivity (Wildman–Crippen MR) is 97.2 cm³/mol. The average molecular weight is 341 g/mol. The molecule has 3 N–H and O–H groups in total. The van der Waals surface area contributed by atoms with Crippen molar-refractivity contribution >= 4 is 29.0 Å². The molecule has 3 rings (SSSR count). The van der Waals surface area contributed by atoms with Crippen molar-refractivity contribution in [2.24, 2.45) is 0 Å². The fourth-order valence-electron chi connectivity index (χ4n) is 2.39. The Morgan fingerprint density at radius 2 is 1.92 bits per heavy atom. The summed E-state index contributed by atoms with van der Waals surface area (Å²) in [6.45, 7) is 2.71. The van der Waals surface area contributed by atoms with Crippen molar-refractivity contribution in [1.82, 2.24) is 9.78 Å². The molecule has 0 saturated carbocycles. The Morgan fingerprint density at radius 3 is 2.54 bits per heavy atom. The molecule has 0 unspecified atom stereocenters. The molecule has 1 heterocycles. The molecule has 6 heteroatoms. The second-order valence-corrected chi connectivity index (χ2v) is 5.69. The number of nitrogens with two attached hydrogens (primary N) is 1. The Morgan fingerprint density at radius 1 is 1.21 bits per heavy atom. The monoisotopic (exact) mass is 340 g/mol. The van der Waals surface area contributed by atoms with E-state index in [9.17, 15) is 4.79 Å². The van der Waals surface area contributed by atoms with Crippen LogP contribution in [-0.2, 0) is 6.54 Å². The van der Waals surface area contributed by atoms with Gasteiger partial charge in [0.2, 0.25) is 0 Å². The third-order valence-corrected chi connectivity index (χ3v) is 4.00. The third-order valence-electron chi connectivity index (χ3n) is 3.67. The third kappa shape index (κ3) is 3.26. The molecule has 0 radical (unpaired) electrons. The van der Waals surface area contributed by atoms with Gasteiger partial charge in [0.15, 0.2) is 0 Å². The number of hydrogen-bond donors (Lipinski definition) is 2. The van der Waals surface area contributed by atoms with E-state index in [4.69, 9.17) is 17.3 Å². The summed E-state index contributed by atoms with van der Waals surface area (Å²) >= 11 is 6.04. The van der Waals surface area contributed by atoms with Gasteiger partial charge in [-0.05, 0) is 31.2 Å². The number of anilines is 2. The molecule has 1 amide bonds. The average Bonchev–Trinajstić information content (AvgIpc) is 2.97. The highest BCUT2D eigenvalue weighted by atomic mass is 35.5. The van der Waals surface area contributed by atoms with Gasteiger partial charge < -0.3 is 11.1 Å². The maximum absolute atomic E-state index is 12.2. The molecule has 24 heavy (non-hydrogen) atoms. The molecule has 122 valence electrons. The maximum Gasteiger partial charge on any atom is 0.257 e. The highest BCUT2D eigenvalue weighted by molar-refractivity contribution is 6.34. The summed E-state index contributed by atoms with van der Waals surface area (Å²) in [6.07, 6.45) is 0. The van der Waals surface area contributed by atoms with Crippen LogP contribution in [-0.4, -0.2) is 15.7 Å². The molecule has 0 spiro atoms. The van der Waals surface area contributed by atoms with Gasteiger partial charge in [0.25, 0.3) is 5.91 Å². The zero-order valence-corrected chi connectivity index (χ0v) is 13.9. The Kier molecular flexibility index (Phi) is 4.53.